The molecule has 0 aromatic carbocycles. The maximum Gasteiger partial charge on any atom is 0.284 e. The first-order chi connectivity index (χ1) is 6.75. The molecular weight excluding hydrogens is 182 g/mol. The van der Waals surface area contributed by atoms with Gasteiger partial charge in [0.2, 0.25) is 0 Å². The summed E-state index contributed by atoms with van der Waals surface area (Å²) in [7, 11) is 0. The highest BCUT2D eigenvalue weighted by molar-refractivity contribution is 5.89. The van der Waals surface area contributed by atoms with Crippen LogP contribution in [0, 0.1) is 0 Å². The summed E-state index contributed by atoms with van der Waals surface area (Å²) in [5, 5.41) is 0. The lowest BCUT2D eigenvalue weighted by Gasteiger charge is -1.91. The van der Waals surface area contributed by atoms with Crippen LogP contribution in [0.25, 0.3) is 0 Å². The van der Waals surface area contributed by atoms with E-state index < -0.39 is 5.91 Å². The van der Waals surface area contributed by atoms with Crippen LogP contribution >= 0.6 is 0 Å². The number of primary amides is 1. The number of nitrogens with zero attached hydrogens (tertiary/aromatic N) is 1. The number of hydrogen-bond donors (Lipinski definition) is 2. The molecule has 72 valence electrons. The molecule has 0 spiro atoms. The lowest BCUT2D eigenvalue weighted by atomic mass is 10.3. The predicted octanol–water partition coefficient (Wildman–Crippen LogP) is 0.692. The van der Waals surface area contributed by atoms with Crippen LogP contribution in [0.2, 0.25) is 0 Å². The van der Waals surface area contributed by atoms with Crippen LogP contribution in [0.5, 0.6) is 0 Å². The van der Waals surface area contributed by atoms with Crippen LogP contribution in [-0.4, -0.2) is 15.9 Å². The summed E-state index contributed by atoms with van der Waals surface area (Å²) in [6.07, 6.45) is 3.92. The summed E-state index contributed by atoms with van der Waals surface area (Å²) in [5.41, 5.74) is 5.04. The SMILES string of the molecule is NC(=O)c1ccc(Cc2ncc[nH]2)o1. The molecule has 0 aliphatic rings. The molecule has 0 aliphatic heterocycles. The topological polar surface area (TPSA) is 84.9 Å². The summed E-state index contributed by atoms with van der Waals surface area (Å²) in [5.74, 6) is 1.06. The number of imidazole rings is 1. The second-order valence-corrected chi connectivity index (χ2v) is 2.84. The third-order valence-electron chi connectivity index (χ3n) is 1.80. The Morgan fingerprint density at radius 3 is 3.00 bits per heavy atom. The van der Waals surface area contributed by atoms with Crippen molar-refractivity contribution >= 4 is 5.91 Å². The number of aromatic nitrogens is 2. The van der Waals surface area contributed by atoms with Crippen LogP contribution in [0.15, 0.2) is 28.9 Å². The number of nitrogens with one attached hydrogen (secondary N) is 1. The lowest BCUT2D eigenvalue weighted by molar-refractivity contribution is 0.0972. The normalized spacial score (nSPS) is 10.3. The molecule has 5 nitrogen and oxygen atoms in total. The van der Waals surface area contributed by atoms with Gasteiger partial charge in [0.05, 0.1) is 6.42 Å². The molecule has 14 heavy (non-hydrogen) atoms. The molecule has 0 saturated carbocycles. The fourth-order valence-electron chi connectivity index (χ4n) is 1.17. The number of nitrogens with two attached hydrogens (primary N) is 1. The summed E-state index contributed by atoms with van der Waals surface area (Å²) in [6.45, 7) is 0. The van der Waals surface area contributed by atoms with E-state index in [4.69, 9.17) is 10.2 Å². The fourth-order valence-corrected chi connectivity index (χ4v) is 1.17. The molecule has 2 rings (SSSR count). The smallest absolute Gasteiger partial charge is 0.284 e. The number of carbonyl (C=O) groups is 1. The first kappa shape index (κ1) is 8.55. The maximum atomic E-state index is 10.7. The molecule has 2 heterocycles. The van der Waals surface area contributed by atoms with Crippen molar-refractivity contribution < 1.29 is 9.21 Å². The first-order valence-corrected chi connectivity index (χ1v) is 4.12. The summed E-state index contributed by atoms with van der Waals surface area (Å²) < 4.78 is 5.18. The van der Waals surface area contributed by atoms with Gasteiger partial charge in [-0.15, -0.1) is 0 Å². The summed E-state index contributed by atoms with van der Waals surface area (Å²) in [6, 6.07) is 3.27. The molecule has 2 aromatic heterocycles. The second-order valence-electron chi connectivity index (χ2n) is 2.84. The number of aromatic amines is 1. The number of rotatable bonds is 3. The predicted molar refractivity (Wildman–Crippen MR) is 48.6 cm³/mol. The van der Waals surface area contributed by atoms with E-state index in [2.05, 4.69) is 9.97 Å². The Kier molecular flexibility index (Phi) is 2.06. The van der Waals surface area contributed by atoms with Crippen molar-refractivity contribution in [2.75, 3.05) is 0 Å². The maximum absolute atomic E-state index is 10.7. The van der Waals surface area contributed by atoms with Gasteiger partial charge in [-0.2, -0.15) is 0 Å². The minimum Gasteiger partial charge on any atom is -0.455 e. The van der Waals surface area contributed by atoms with E-state index in [0.717, 1.165) is 5.82 Å². The molecular formula is C9H9N3O2. The number of amides is 1. The first-order valence-electron chi connectivity index (χ1n) is 4.12. The van der Waals surface area contributed by atoms with E-state index in [-0.39, 0.29) is 5.76 Å². The number of carbonyl (C=O) groups excluding carboxylic acids is 1. The van der Waals surface area contributed by atoms with Crippen LogP contribution < -0.4 is 5.73 Å². The molecule has 3 N–H and O–H groups in total. The van der Waals surface area contributed by atoms with E-state index in [1.54, 1.807) is 24.5 Å². The largest absolute Gasteiger partial charge is 0.455 e. The third-order valence-corrected chi connectivity index (χ3v) is 1.80. The van der Waals surface area contributed by atoms with Gasteiger partial charge in [-0.05, 0) is 12.1 Å². The zero-order valence-electron chi connectivity index (χ0n) is 7.36. The van der Waals surface area contributed by atoms with E-state index >= 15 is 0 Å². The lowest BCUT2D eigenvalue weighted by Crippen LogP contribution is -2.09. The van der Waals surface area contributed by atoms with Crippen LogP contribution in [0.4, 0.5) is 0 Å². The van der Waals surface area contributed by atoms with E-state index in [1.807, 2.05) is 0 Å². The Morgan fingerprint density at radius 1 is 1.57 bits per heavy atom. The van der Waals surface area contributed by atoms with Gasteiger partial charge in [-0.3, -0.25) is 4.79 Å². The molecule has 2 aromatic rings. The third kappa shape index (κ3) is 1.66. The average molecular weight is 191 g/mol. The molecule has 5 heteroatoms. The fraction of sp³-hybridized carbons (Fsp3) is 0.111. The molecule has 0 saturated heterocycles. The van der Waals surface area contributed by atoms with Crippen molar-refractivity contribution in [2.24, 2.45) is 5.73 Å². The van der Waals surface area contributed by atoms with Gasteiger partial charge in [0.1, 0.15) is 11.6 Å². The Hall–Kier alpha value is -2.04. The van der Waals surface area contributed by atoms with Crippen molar-refractivity contribution in [3.63, 3.8) is 0 Å². The summed E-state index contributed by atoms with van der Waals surface area (Å²) >= 11 is 0. The highest BCUT2D eigenvalue weighted by Gasteiger charge is 2.07. The van der Waals surface area contributed by atoms with Gasteiger partial charge >= 0.3 is 0 Å². The highest BCUT2D eigenvalue weighted by atomic mass is 16.3. The summed E-state index contributed by atoms with van der Waals surface area (Å²) in [4.78, 5) is 17.7. The van der Waals surface area contributed by atoms with E-state index in [0.29, 0.717) is 12.2 Å². The molecule has 0 unspecified atom stereocenters. The number of H-pyrrole nitrogens is 1. The number of furan rings is 1. The van der Waals surface area contributed by atoms with Crippen molar-refractivity contribution in [3.8, 4) is 0 Å². The van der Waals surface area contributed by atoms with Gasteiger partial charge in [0.15, 0.2) is 5.76 Å². The number of hydrogen-bond acceptors (Lipinski definition) is 3. The minimum absolute atomic E-state index is 0.173. The van der Waals surface area contributed by atoms with Crippen molar-refractivity contribution in [3.05, 3.63) is 41.9 Å². The zero-order chi connectivity index (χ0) is 9.97. The zero-order valence-corrected chi connectivity index (χ0v) is 7.36. The Bertz CT molecular complexity index is 431. The monoisotopic (exact) mass is 191 g/mol. The Labute approximate surface area is 79.9 Å². The van der Waals surface area contributed by atoms with Gasteiger partial charge < -0.3 is 15.1 Å². The minimum atomic E-state index is -0.560. The van der Waals surface area contributed by atoms with E-state index in [9.17, 15) is 4.79 Å². The van der Waals surface area contributed by atoms with Gasteiger partial charge in [-0.1, -0.05) is 0 Å². The second kappa shape index (κ2) is 3.37. The Morgan fingerprint density at radius 2 is 2.43 bits per heavy atom. The van der Waals surface area contributed by atoms with Gasteiger partial charge in [-0.25, -0.2) is 4.98 Å². The van der Waals surface area contributed by atoms with Crippen molar-refractivity contribution in [1.29, 1.82) is 0 Å². The molecule has 1 amide bonds. The quantitative estimate of drug-likeness (QED) is 0.748. The molecule has 0 fully saturated rings. The molecule has 0 radical (unpaired) electrons. The van der Waals surface area contributed by atoms with Crippen LogP contribution in [0.3, 0.4) is 0 Å². The Balaban J connectivity index is 2.14. The van der Waals surface area contributed by atoms with Gasteiger partial charge in [0, 0.05) is 12.4 Å². The average Bonchev–Trinajstić information content (AvgIpc) is 2.75. The molecule has 0 atom stereocenters. The standard InChI is InChI=1S/C9H9N3O2/c10-9(13)7-2-1-6(14-7)5-8-11-3-4-12-8/h1-4H,5H2,(H2,10,13)(H,11,12). The van der Waals surface area contributed by atoms with Gasteiger partial charge in [0.25, 0.3) is 5.91 Å². The molecule has 0 aliphatic carbocycles. The van der Waals surface area contributed by atoms with Crippen molar-refractivity contribution in [2.45, 2.75) is 6.42 Å². The highest BCUT2D eigenvalue weighted by Crippen LogP contribution is 2.10. The van der Waals surface area contributed by atoms with E-state index in [1.165, 1.54) is 0 Å². The van der Waals surface area contributed by atoms with Crippen molar-refractivity contribution in [1.82, 2.24) is 9.97 Å². The van der Waals surface area contributed by atoms with Crippen LogP contribution in [0.1, 0.15) is 22.1 Å². The van der Waals surface area contributed by atoms with Crippen LogP contribution in [-0.2, 0) is 6.42 Å². The molecule has 0 bridgehead atoms.